The van der Waals surface area contributed by atoms with E-state index in [2.05, 4.69) is 5.32 Å². The highest BCUT2D eigenvalue weighted by Gasteiger charge is 2.26. The Kier molecular flexibility index (Phi) is 5.91. The van der Waals surface area contributed by atoms with Crippen LogP contribution in [0.3, 0.4) is 0 Å². The number of hydrogen-bond acceptors (Lipinski definition) is 5. The molecule has 0 saturated heterocycles. The molecule has 0 saturated carbocycles. The fourth-order valence-electron chi connectivity index (χ4n) is 2.50. The number of nitrogens with one attached hydrogen (secondary N) is 1. The van der Waals surface area contributed by atoms with Gasteiger partial charge in [0, 0.05) is 11.4 Å². The van der Waals surface area contributed by atoms with E-state index in [0.29, 0.717) is 12.2 Å². The Labute approximate surface area is 155 Å². The molecule has 0 aromatic heterocycles. The topological polar surface area (TPSA) is 75.7 Å². The Morgan fingerprint density at radius 3 is 2.62 bits per heavy atom. The van der Waals surface area contributed by atoms with Gasteiger partial charge < -0.3 is 10.1 Å². The van der Waals surface area contributed by atoms with Crippen molar-refractivity contribution >= 4 is 35.2 Å². The molecule has 1 heterocycles. The van der Waals surface area contributed by atoms with Gasteiger partial charge in [0.1, 0.15) is 6.54 Å². The second-order valence-electron chi connectivity index (χ2n) is 5.66. The van der Waals surface area contributed by atoms with Crippen molar-refractivity contribution in [2.45, 2.75) is 11.4 Å². The number of para-hydroxylation sites is 1. The van der Waals surface area contributed by atoms with Crippen LogP contribution < -0.4 is 10.2 Å². The van der Waals surface area contributed by atoms with E-state index in [0.717, 1.165) is 10.5 Å². The zero-order valence-electron chi connectivity index (χ0n) is 14.0. The van der Waals surface area contributed by atoms with Gasteiger partial charge in [0.25, 0.3) is 5.91 Å². The Bertz CT molecular complexity index is 810. The van der Waals surface area contributed by atoms with Crippen molar-refractivity contribution < 1.29 is 19.1 Å². The number of anilines is 1. The molecule has 1 aliphatic rings. The molecule has 2 amide bonds. The van der Waals surface area contributed by atoms with Gasteiger partial charge in [-0.1, -0.05) is 42.5 Å². The van der Waals surface area contributed by atoms with Crippen LogP contribution in [0.1, 0.15) is 5.56 Å². The van der Waals surface area contributed by atoms with Crippen LogP contribution in [0.4, 0.5) is 5.69 Å². The number of esters is 1. The van der Waals surface area contributed by atoms with Crippen molar-refractivity contribution in [1.29, 1.82) is 0 Å². The molecule has 7 heteroatoms. The summed E-state index contributed by atoms with van der Waals surface area (Å²) in [5.41, 5.74) is 1.65. The van der Waals surface area contributed by atoms with Gasteiger partial charge in [-0.2, -0.15) is 0 Å². The molecule has 2 aromatic rings. The summed E-state index contributed by atoms with van der Waals surface area (Å²) in [6.07, 6.45) is 0. The molecular weight excluding hydrogens is 352 g/mol. The summed E-state index contributed by atoms with van der Waals surface area (Å²) in [6, 6.07) is 16.8. The van der Waals surface area contributed by atoms with Crippen molar-refractivity contribution in [2.75, 3.05) is 23.8 Å². The maximum absolute atomic E-state index is 12.1. The number of ether oxygens (including phenoxy) is 1. The summed E-state index contributed by atoms with van der Waals surface area (Å²) in [5.74, 6) is -0.876. The molecule has 134 valence electrons. The predicted molar refractivity (Wildman–Crippen MR) is 98.8 cm³/mol. The van der Waals surface area contributed by atoms with E-state index in [9.17, 15) is 14.4 Å². The largest absolute Gasteiger partial charge is 0.454 e. The molecule has 26 heavy (non-hydrogen) atoms. The van der Waals surface area contributed by atoms with Crippen LogP contribution >= 0.6 is 11.8 Å². The third-order valence-corrected chi connectivity index (χ3v) is 4.84. The molecule has 3 rings (SSSR count). The number of carbonyl (C=O) groups excluding carboxylic acids is 3. The van der Waals surface area contributed by atoms with E-state index in [-0.39, 0.29) is 30.7 Å². The first kappa shape index (κ1) is 18.0. The second-order valence-corrected chi connectivity index (χ2v) is 6.68. The smallest absolute Gasteiger partial charge is 0.326 e. The molecule has 1 aliphatic heterocycles. The highest BCUT2D eigenvalue weighted by atomic mass is 32.2. The number of fused-ring (bicyclic) bond motifs is 1. The fraction of sp³-hybridized carbons (Fsp3) is 0.211. The molecule has 0 bridgehead atoms. The highest BCUT2D eigenvalue weighted by Crippen LogP contribution is 2.34. The summed E-state index contributed by atoms with van der Waals surface area (Å²) in [5, 5.41) is 2.68. The molecule has 6 nitrogen and oxygen atoms in total. The maximum atomic E-state index is 12.1. The first-order valence-corrected chi connectivity index (χ1v) is 9.10. The lowest BCUT2D eigenvalue weighted by Crippen LogP contribution is -2.40. The van der Waals surface area contributed by atoms with E-state index < -0.39 is 5.97 Å². The lowest BCUT2D eigenvalue weighted by atomic mass is 10.2. The first-order chi connectivity index (χ1) is 12.6. The van der Waals surface area contributed by atoms with Gasteiger partial charge in [-0.15, -0.1) is 11.8 Å². The van der Waals surface area contributed by atoms with Crippen molar-refractivity contribution in [1.82, 2.24) is 5.32 Å². The molecule has 0 atom stereocenters. The van der Waals surface area contributed by atoms with E-state index >= 15 is 0 Å². The molecular formula is C19H18N2O4S. The van der Waals surface area contributed by atoms with Gasteiger partial charge in [0.15, 0.2) is 6.61 Å². The second kappa shape index (κ2) is 8.53. The minimum atomic E-state index is -0.616. The molecule has 2 aromatic carbocycles. The van der Waals surface area contributed by atoms with Crippen LogP contribution in [0.25, 0.3) is 0 Å². The number of amides is 2. The number of thioether (sulfide) groups is 1. The summed E-state index contributed by atoms with van der Waals surface area (Å²) in [6.45, 7) is -0.209. The minimum absolute atomic E-state index is 0.154. The van der Waals surface area contributed by atoms with Crippen molar-refractivity contribution in [3.63, 3.8) is 0 Å². The van der Waals surface area contributed by atoms with Crippen LogP contribution in [0.5, 0.6) is 0 Å². The van der Waals surface area contributed by atoms with E-state index in [1.54, 1.807) is 6.07 Å². The molecule has 0 spiro atoms. The van der Waals surface area contributed by atoms with Crippen molar-refractivity contribution in [2.24, 2.45) is 0 Å². The molecule has 1 N–H and O–H groups in total. The Morgan fingerprint density at radius 2 is 1.81 bits per heavy atom. The quantitative estimate of drug-likeness (QED) is 0.787. The molecule has 0 aliphatic carbocycles. The number of benzene rings is 2. The Morgan fingerprint density at radius 1 is 1.08 bits per heavy atom. The SMILES string of the molecule is O=C(COC(=O)CN1C(=O)CSc2ccccc21)NCc1ccccc1. The zero-order valence-corrected chi connectivity index (χ0v) is 14.8. The lowest BCUT2D eigenvalue weighted by molar-refractivity contribution is -0.147. The van der Waals surface area contributed by atoms with E-state index in [1.807, 2.05) is 48.5 Å². The summed E-state index contributed by atoms with van der Waals surface area (Å²) in [7, 11) is 0. The van der Waals surface area contributed by atoms with Crippen LogP contribution in [0.2, 0.25) is 0 Å². The Hall–Kier alpha value is -2.80. The van der Waals surface area contributed by atoms with Crippen LogP contribution in [-0.2, 0) is 25.7 Å². The van der Waals surface area contributed by atoms with Gasteiger partial charge in [-0.05, 0) is 17.7 Å². The Balaban J connectivity index is 1.48. The molecule has 0 unspecified atom stereocenters. The monoisotopic (exact) mass is 370 g/mol. The van der Waals surface area contributed by atoms with Gasteiger partial charge in [0.2, 0.25) is 5.91 Å². The fourth-order valence-corrected chi connectivity index (χ4v) is 3.43. The average molecular weight is 370 g/mol. The normalized spacial score (nSPS) is 13.1. The maximum Gasteiger partial charge on any atom is 0.326 e. The standard InChI is InChI=1S/C19H18N2O4S/c22-17(20-10-14-6-2-1-3-7-14)12-25-19(24)11-21-15-8-4-5-9-16(15)26-13-18(21)23/h1-9H,10-13H2,(H,20,22). The molecule has 0 radical (unpaired) electrons. The van der Waals surface area contributed by atoms with Gasteiger partial charge in [-0.3, -0.25) is 19.3 Å². The number of hydrogen-bond donors (Lipinski definition) is 1. The third-order valence-electron chi connectivity index (χ3n) is 3.79. The van der Waals surface area contributed by atoms with Crippen molar-refractivity contribution in [3.05, 3.63) is 60.2 Å². The third kappa shape index (κ3) is 4.64. The van der Waals surface area contributed by atoms with Crippen molar-refractivity contribution in [3.8, 4) is 0 Å². The number of nitrogens with zero attached hydrogens (tertiary/aromatic N) is 1. The summed E-state index contributed by atoms with van der Waals surface area (Å²) < 4.78 is 5.01. The van der Waals surface area contributed by atoms with Crippen LogP contribution in [0, 0.1) is 0 Å². The van der Waals surface area contributed by atoms with Gasteiger partial charge in [-0.25, -0.2) is 0 Å². The zero-order chi connectivity index (χ0) is 18.4. The van der Waals surface area contributed by atoms with E-state index in [4.69, 9.17) is 4.74 Å². The van der Waals surface area contributed by atoms with Gasteiger partial charge in [0.05, 0.1) is 11.4 Å². The number of rotatable bonds is 6. The summed E-state index contributed by atoms with van der Waals surface area (Å²) >= 11 is 1.44. The average Bonchev–Trinajstić information content (AvgIpc) is 2.68. The minimum Gasteiger partial charge on any atom is -0.454 e. The predicted octanol–water partition coefficient (Wildman–Crippen LogP) is 1.98. The molecule has 0 fully saturated rings. The lowest BCUT2D eigenvalue weighted by Gasteiger charge is -2.27. The van der Waals surface area contributed by atoms with Crippen LogP contribution in [-0.4, -0.2) is 36.7 Å². The van der Waals surface area contributed by atoms with E-state index in [1.165, 1.54) is 16.7 Å². The first-order valence-electron chi connectivity index (χ1n) is 8.12. The number of carbonyl (C=O) groups is 3. The highest BCUT2D eigenvalue weighted by molar-refractivity contribution is 8.00. The van der Waals surface area contributed by atoms with Crippen LogP contribution in [0.15, 0.2) is 59.5 Å². The van der Waals surface area contributed by atoms with Gasteiger partial charge >= 0.3 is 5.97 Å². The summed E-state index contributed by atoms with van der Waals surface area (Å²) in [4.78, 5) is 38.3.